The molecule has 27 heavy (non-hydrogen) atoms. The predicted molar refractivity (Wildman–Crippen MR) is 107 cm³/mol. The minimum absolute atomic E-state index is 0.0256. The first-order valence-electron chi connectivity index (χ1n) is 7.99. The second-order valence-corrected chi connectivity index (χ2v) is 6.40. The van der Waals surface area contributed by atoms with E-state index in [2.05, 4.69) is 11.2 Å². The van der Waals surface area contributed by atoms with Gasteiger partial charge in [0.25, 0.3) is 5.91 Å². The lowest BCUT2D eigenvalue weighted by Crippen LogP contribution is -2.27. The molecule has 0 bridgehead atoms. The van der Waals surface area contributed by atoms with Gasteiger partial charge in [0.15, 0.2) is 5.75 Å². The van der Waals surface area contributed by atoms with Crippen LogP contribution in [0.25, 0.3) is 6.08 Å². The zero-order valence-electron chi connectivity index (χ0n) is 14.5. The number of nitriles is 1. The standard InChI is InChI=1S/C21H16Cl2N2O2/c1-3-9-27-20-18(22)11-15(12-19(20)23)10-17(13-24)21(26)25-14(2)16-7-5-4-6-8-16/h1,4-8,10-12,14H,9H2,2H3,(H,25,26)/b17-10-/t14-/m0/s1. The second-order valence-electron chi connectivity index (χ2n) is 5.58. The third kappa shape index (κ3) is 5.53. The van der Waals surface area contributed by atoms with E-state index in [1.165, 1.54) is 6.08 Å². The Kier molecular flexibility index (Phi) is 7.32. The number of nitrogens with zero attached hydrogens (tertiary/aromatic N) is 1. The highest BCUT2D eigenvalue weighted by Crippen LogP contribution is 2.34. The van der Waals surface area contributed by atoms with Crippen LogP contribution >= 0.6 is 23.2 Å². The van der Waals surface area contributed by atoms with Gasteiger partial charge >= 0.3 is 0 Å². The fraction of sp³-hybridized carbons (Fsp3) is 0.143. The first-order chi connectivity index (χ1) is 13.0. The molecule has 0 aliphatic carbocycles. The molecule has 136 valence electrons. The molecular weight excluding hydrogens is 383 g/mol. The number of benzene rings is 2. The van der Waals surface area contributed by atoms with Crippen LogP contribution in [0.2, 0.25) is 10.0 Å². The van der Waals surface area contributed by atoms with E-state index in [9.17, 15) is 10.1 Å². The van der Waals surface area contributed by atoms with Crippen molar-refractivity contribution in [2.75, 3.05) is 6.61 Å². The minimum Gasteiger partial charge on any atom is -0.478 e. The van der Waals surface area contributed by atoms with E-state index in [4.69, 9.17) is 34.4 Å². The van der Waals surface area contributed by atoms with E-state index in [0.29, 0.717) is 5.56 Å². The monoisotopic (exact) mass is 398 g/mol. The van der Waals surface area contributed by atoms with Crippen LogP contribution in [-0.4, -0.2) is 12.5 Å². The molecule has 0 heterocycles. The Bertz CT molecular complexity index is 918. The molecule has 0 fully saturated rings. The molecule has 1 amide bonds. The van der Waals surface area contributed by atoms with Gasteiger partial charge in [-0.3, -0.25) is 4.79 Å². The minimum atomic E-state index is -0.492. The first-order valence-corrected chi connectivity index (χ1v) is 8.74. The third-order valence-electron chi connectivity index (χ3n) is 3.64. The maximum atomic E-state index is 12.4. The average molecular weight is 399 g/mol. The molecule has 2 aromatic rings. The summed E-state index contributed by atoms with van der Waals surface area (Å²) >= 11 is 12.3. The van der Waals surface area contributed by atoms with Crippen molar-refractivity contribution in [3.05, 3.63) is 69.2 Å². The Morgan fingerprint density at radius 3 is 2.48 bits per heavy atom. The number of amides is 1. The molecule has 0 aliphatic heterocycles. The number of hydrogen-bond donors (Lipinski definition) is 1. The normalized spacial score (nSPS) is 11.8. The quantitative estimate of drug-likeness (QED) is 0.432. The lowest BCUT2D eigenvalue weighted by molar-refractivity contribution is -0.117. The number of hydrogen-bond acceptors (Lipinski definition) is 3. The number of carbonyl (C=O) groups excluding carboxylic acids is 1. The van der Waals surface area contributed by atoms with E-state index in [-0.39, 0.29) is 34.0 Å². The molecule has 2 rings (SSSR count). The van der Waals surface area contributed by atoms with Gasteiger partial charge in [-0.05, 0) is 36.3 Å². The van der Waals surface area contributed by atoms with E-state index in [1.807, 2.05) is 43.3 Å². The lowest BCUT2D eigenvalue weighted by atomic mass is 10.1. The number of nitrogens with one attached hydrogen (secondary N) is 1. The molecule has 0 saturated carbocycles. The maximum absolute atomic E-state index is 12.4. The van der Waals surface area contributed by atoms with Crippen LogP contribution in [0.4, 0.5) is 0 Å². The highest BCUT2D eigenvalue weighted by Gasteiger charge is 2.15. The van der Waals surface area contributed by atoms with Gasteiger partial charge in [-0.1, -0.05) is 59.5 Å². The van der Waals surface area contributed by atoms with E-state index >= 15 is 0 Å². The fourth-order valence-corrected chi connectivity index (χ4v) is 2.94. The van der Waals surface area contributed by atoms with Gasteiger partial charge < -0.3 is 10.1 Å². The molecule has 0 spiro atoms. The number of rotatable bonds is 6. The van der Waals surface area contributed by atoms with Gasteiger partial charge in [-0.25, -0.2) is 0 Å². The molecule has 0 aliphatic rings. The summed E-state index contributed by atoms with van der Waals surface area (Å²) in [6.45, 7) is 1.87. The van der Waals surface area contributed by atoms with Crippen LogP contribution in [0.3, 0.4) is 0 Å². The van der Waals surface area contributed by atoms with Gasteiger partial charge in [0, 0.05) is 0 Å². The number of terminal acetylenes is 1. The predicted octanol–water partition coefficient (Wildman–Crippen LogP) is 4.79. The molecule has 2 aromatic carbocycles. The summed E-state index contributed by atoms with van der Waals surface area (Å²) in [5.41, 5.74) is 1.36. The van der Waals surface area contributed by atoms with Gasteiger partial charge in [0.1, 0.15) is 18.2 Å². The van der Waals surface area contributed by atoms with Crippen molar-refractivity contribution in [3.63, 3.8) is 0 Å². The summed E-state index contributed by atoms with van der Waals surface area (Å²) in [4.78, 5) is 12.4. The second kappa shape index (κ2) is 9.69. The van der Waals surface area contributed by atoms with Crippen LogP contribution in [-0.2, 0) is 4.79 Å². The zero-order chi connectivity index (χ0) is 19.8. The largest absolute Gasteiger partial charge is 0.478 e. The van der Waals surface area contributed by atoms with Crippen molar-refractivity contribution in [1.29, 1.82) is 5.26 Å². The summed E-state index contributed by atoms with van der Waals surface area (Å²) < 4.78 is 5.29. The van der Waals surface area contributed by atoms with Gasteiger partial charge in [-0.2, -0.15) is 5.26 Å². The summed E-state index contributed by atoms with van der Waals surface area (Å²) in [6, 6.07) is 14.2. The SMILES string of the molecule is C#CCOc1c(Cl)cc(/C=C(/C#N)C(=O)N[C@@H](C)c2ccccc2)cc1Cl. The van der Waals surface area contributed by atoms with Crippen LogP contribution in [0, 0.1) is 23.7 Å². The van der Waals surface area contributed by atoms with Gasteiger partial charge in [0.2, 0.25) is 0 Å². The molecular formula is C21H16Cl2N2O2. The van der Waals surface area contributed by atoms with Crippen molar-refractivity contribution >= 4 is 35.2 Å². The summed E-state index contributed by atoms with van der Waals surface area (Å²) in [6.07, 6.45) is 6.57. The Hall–Kier alpha value is -2.92. The molecule has 0 aromatic heterocycles. The van der Waals surface area contributed by atoms with Crippen molar-refractivity contribution in [1.82, 2.24) is 5.32 Å². The van der Waals surface area contributed by atoms with Gasteiger partial charge in [-0.15, -0.1) is 6.42 Å². The average Bonchev–Trinajstić information content (AvgIpc) is 2.66. The first kappa shape index (κ1) is 20.4. The molecule has 1 atom stereocenters. The molecule has 6 heteroatoms. The van der Waals surface area contributed by atoms with E-state index in [1.54, 1.807) is 12.1 Å². The van der Waals surface area contributed by atoms with Crippen LogP contribution < -0.4 is 10.1 Å². The molecule has 0 unspecified atom stereocenters. The molecule has 1 N–H and O–H groups in total. The fourth-order valence-electron chi connectivity index (χ4n) is 2.33. The van der Waals surface area contributed by atoms with Crippen molar-refractivity contribution < 1.29 is 9.53 Å². The topological polar surface area (TPSA) is 62.1 Å². The Labute approximate surface area is 168 Å². The van der Waals surface area contributed by atoms with Crippen LogP contribution in [0.1, 0.15) is 24.1 Å². The highest BCUT2D eigenvalue weighted by molar-refractivity contribution is 6.37. The third-order valence-corrected chi connectivity index (χ3v) is 4.21. The summed E-state index contributed by atoms with van der Waals surface area (Å²) in [5.74, 6) is 2.09. The number of halogens is 2. The molecule has 0 saturated heterocycles. The zero-order valence-corrected chi connectivity index (χ0v) is 16.0. The summed E-state index contributed by atoms with van der Waals surface area (Å²) in [5, 5.41) is 12.6. The van der Waals surface area contributed by atoms with E-state index in [0.717, 1.165) is 5.56 Å². The van der Waals surface area contributed by atoms with E-state index < -0.39 is 5.91 Å². The smallest absolute Gasteiger partial charge is 0.262 e. The molecule has 4 nitrogen and oxygen atoms in total. The number of ether oxygens (including phenoxy) is 1. The molecule has 0 radical (unpaired) electrons. The van der Waals surface area contributed by atoms with Crippen molar-refractivity contribution in [2.45, 2.75) is 13.0 Å². The Morgan fingerprint density at radius 2 is 1.93 bits per heavy atom. The lowest BCUT2D eigenvalue weighted by Gasteiger charge is -2.14. The van der Waals surface area contributed by atoms with Crippen LogP contribution in [0.5, 0.6) is 5.75 Å². The highest BCUT2D eigenvalue weighted by atomic mass is 35.5. The van der Waals surface area contributed by atoms with Crippen LogP contribution in [0.15, 0.2) is 48.0 Å². The van der Waals surface area contributed by atoms with Gasteiger partial charge in [0.05, 0.1) is 16.1 Å². The summed E-state index contributed by atoms with van der Waals surface area (Å²) in [7, 11) is 0. The number of carbonyl (C=O) groups is 1. The van der Waals surface area contributed by atoms with Crippen molar-refractivity contribution in [3.8, 4) is 24.2 Å². The Morgan fingerprint density at radius 1 is 1.30 bits per heavy atom. The van der Waals surface area contributed by atoms with Crippen molar-refractivity contribution in [2.24, 2.45) is 0 Å². The maximum Gasteiger partial charge on any atom is 0.262 e. The Balaban J connectivity index is 2.21.